The largest absolute Gasteiger partial charge is 0.352 e. The molecule has 1 unspecified atom stereocenters. The van der Waals surface area contributed by atoms with E-state index in [0.29, 0.717) is 24.5 Å². The molecular formula is C16H25Cl2N5O2. The average molecular weight is 390 g/mol. The van der Waals surface area contributed by atoms with Gasteiger partial charge in [-0.15, -0.1) is 24.8 Å². The van der Waals surface area contributed by atoms with Crippen LogP contribution in [-0.2, 0) is 11.3 Å². The molecular weight excluding hydrogens is 365 g/mol. The van der Waals surface area contributed by atoms with Gasteiger partial charge in [-0.2, -0.15) is 0 Å². The molecule has 1 aliphatic rings. The van der Waals surface area contributed by atoms with Crippen LogP contribution in [0.3, 0.4) is 0 Å². The lowest BCUT2D eigenvalue weighted by atomic mass is 10.0. The minimum absolute atomic E-state index is 0. The fourth-order valence-electron chi connectivity index (χ4n) is 3.18. The van der Waals surface area contributed by atoms with Gasteiger partial charge in [-0.3, -0.25) is 14.7 Å². The fourth-order valence-corrected chi connectivity index (χ4v) is 3.18. The predicted molar refractivity (Wildman–Crippen MR) is 102 cm³/mol. The summed E-state index contributed by atoms with van der Waals surface area (Å²) in [6, 6.07) is 1.47. The second-order valence-corrected chi connectivity index (χ2v) is 6.25. The molecule has 0 aliphatic carbocycles. The van der Waals surface area contributed by atoms with Crippen molar-refractivity contribution in [2.75, 3.05) is 13.1 Å². The third-order valence-corrected chi connectivity index (χ3v) is 4.61. The van der Waals surface area contributed by atoms with Gasteiger partial charge in [-0.05, 0) is 45.7 Å². The lowest BCUT2D eigenvalue weighted by molar-refractivity contribution is -0.121. The van der Waals surface area contributed by atoms with E-state index in [0.717, 1.165) is 42.9 Å². The van der Waals surface area contributed by atoms with Crippen LogP contribution in [0.2, 0.25) is 0 Å². The SMILES string of the molecule is Cc1nc2cc(=O)[nH]n2c(C)c1CNC(=O)CCC1CCNC1.Cl.Cl. The third-order valence-electron chi connectivity index (χ3n) is 4.61. The van der Waals surface area contributed by atoms with E-state index in [2.05, 4.69) is 20.7 Å². The maximum atomic E-state index is 12.0. The van der Waals surface area contributed by atoms with Gasteiger partial charge in [0.15, 0.2) is 5.65 Å². The van der Waals surface area contributed by atoms with E-state index >= 15 is 0 Å². The Kier molecular flexibility index (Phi) is 7.92. The standard InChI is InChI=1S/C16H23N5O2.2ClH/c1-10-13(11(2)21-14(19-10)7-16(23)20-21)9-18-15(22)4-3-12-5-6-17-8-12;;/h7,12,17H,3-6,8-9H2,1-2H3,(H,18,22)(H,20,23);2*1H. The zero-order valence-electron chi connectivity index (χ0n) is 14.4. The number of carbonyl (C=O) groups excluding carboxylic acids is 1. The minimum Gasteiger partial charge on any atom is -0.352 e. The molecule has 0 spiro atoms. The predicted octanol–water partition coefficient (Wildman–Crippen LogP) is 1.49. The van der Waals surface area contributed by atoms with Crippen LogP contribution in [0.4, 0.5) is 0 Å². The fraction of sp³-hybridized carbons (Fsp3) is 0.562. The number of amides is 1. The van der Waals surface area contributed by atoms with Crippen LogP contribution in [-0.4, -0.2) is 33.6 Å². The van der Waals surface area contributed by atoms with Crippen molar-refractivity contribution >= 4 is 36.4 Å². The number of halogens is 2. The first-order valence-electron chi connectivity index (χ1n) is 8.10. The molecule has 0 saturated carbocycles. The van der Waals surface area contributed by atoms with E-state index in [1.807, 2.05) is 13.8 Å². The number of H-pyrrole nitrogens is 1. The summed E-state index contributed by atoms with van der Waals surface area (Å²) < 4.78 is 1.67. The summed E-state index contributed by atoms with van der Waals surface area (Å²) in [5.74, 6) is 0.684. The second-order valence-electron chi connectivity index (χ2n) is 6.25. The topological polar surface area (TPSA) is 91.3 Å². The Morgan fingerprint density at radius 2 is 2.16 bits per heavy atom. The molecule has 7 nitrogen and oxygen atoms in total. The van der Waals surface area contributed by atoms with Crippen LogP contribution in [0.25, 0.3) is 5.65 Å². The molecule has 1 saturated heterocycles. The number of hydrogen-bond acceptors (Lipinski definition) is 4. The van der Waals surface area contributed by atoms with Crippen LogP contribution in [0.1, 0.15) is 36.2 Å². The lowest BCUT2D eigenvalue weighted by Crippen LogP contribution is -2.25. The highest BCUT2D eigenvalue weighted by Crippen LogP contribution is 2.15. The maximum absolute atomic E-state index is 12.0. The number of carbonyl (C=O) groups is 1. The quantitative estimate of drug-likeness (QED) is 0.722. The van der Waals surface area contributed by atoms with Crippen molar-refractivity contribution in [2.24, 2.45) is 5.92 Å². The molecule has 3 heterocycles. The number of rotatable bonds is 5. The normalized spacial score (nSPS) is 16.3. The number of aromatic amines is 1. The van der Waals surface area contributed by atoms with E-state index in [9.17, 15) is 9.59 Å². The van der Waals surface area contributed by atoms with Crippen molar-refractivity contribution in [3.63, 3.8) is 0 Å². The second kappa shape index (κ2) is 9.22. The molecule has 3 rings (SSSR count). The van der Waals surface area contributed by atoms with Gasteiger partial charge in [0.1, 0.15) is 0 Å². The molecule has 3 N–H and O–H groups in total. The highest BCUT2D eigenvalue weighted by molar-refractivity contribution is 5.85. The van der Waals surface area contributed by atoms with Crippen molar-refractivity contribution in [1.29, 1.82) is 0 Å². The Balaban J connectivity index is 0.00000156. The molecule has 2 aromatic rings. The smallest absolute Gasteiger partial charge is 0.266 e. The number of nitrogens with zero attached hydrogens (tertiary/aromatic N) is 2. The van der Waals surface area contributed by atoms with Crippen molar-refractivity contribution in [3.05, 3.63) is 33.4 Å². The van der Waals surface area contributed by atoms with Crippen LogP contribution in [0.5, 0.6) is 0 Å². The van der Waals surface area contributed by atoms with Crippen LogP contribution in [0, 0.1) is 19.8 Å². The van der Waals surface area contributed by atoms with E-state index < -0.39 is 0 Å². The molecule has 1 atom stereocenters. The van der Waals surface area contributed by atoms with E-state index in [4.69, 9.17) is 0 Å². The number of fused-ring (bicyclic) bond motifs is 1. The van der Waals surface area contributed by atoms with Crippen molar-refractivity contribution in [3.8, 4) is 0 Å². The van der Waals surface area contributed by atoms with Gasteiger partial charge in [-0.25, -0.2) is 9.50 Å². The van der Waals surface area contributed by atoms with Gasteiger partial charge in [0.25, 0.3) is 5.56 Å². The van der Waals surface area contributed by atoms with Gasteiger partial charge < -0.3 is 10.6 Å². The third kappa shape index (κ3) is 4.96. The number of aromatic nitrogens is 3. The summed E-state index contributed by atoms with van der Waals surface area (Å²) in [4.78, 5) is 27.9. The molecule has 9 heteroatoms. The molecule has 1 amide bonds. The zero-order chi connectivity index (χ0) is 16.4. The number of nitrogens with one attached hydrogen (secondary N) is 3. The van der Waals surface area contributed by atoms with Crippen molar-refractivity contribution < 1.29 is 4.79 Å². The highest BCUT2D eigenvalue weighted by Gasteiger charge is 2.16. The minimum atomic E-state index is -0.175. The van der Waals surface area contributed by atoms with Gasteiger partial charge >= 0.3 is 0 Å². The summed E-state index contributed by atoms with van der Waals surface area (Å²) in [5, 5.41) is 9.01. The Bertz CT molecular complexity index is 781. The summed E-state index contributed by atoms with van der Waals surface area (Å²) >= 11 is 0. The lowest BCUT2D eigenvalue weighted by Gasteiger charge is -2.13. The molecule has 0 bridgehead atoms. The molecule has 2 aromatic heterocycles. The van der Waals surface area contributed by atoms with Gasteiger partial charge in [0, 0.05) is 36.0 Å². The first-order chi connectivity index (χ1) is 11.0. The Morgan fingerprint density at radius 1 is 1.40 bits per heavy atom. The van der Waals surface area contributed by atoms with Gasteiger partial charge in [-0.1, -0.05) is 0 Å². The van der Waals surface area contributed by atoms with Gasteiger partial charge in [0.05, 0.1) is 0 Å². The number of aryl methyl sites for hydroxylation is 2. The molecule has 1 aliphatic heterocycles. The van der Waals surface area contributed by atoms with Gasteiger partial charge in [0.2, 0.25) is 5.91 Å². The molecule has 140 valence electrons. The first kappa shape index (κ1) is 21.5. The Hall–Kier alpha value is -1.57. The Labute approximate surface area is 158 Å². The Morgan fingerprint density at radius 3 is 2.84 bits per heavy atom. The highest BCUT2D eigenvalue weighted by atomic mass is 35.5. The number of hydrogen-bond donors (Lipinski definition) is 3. The van der Waals surface area contributed by atoms with Crippen LogP contribution in [0.15, 0.2) is 10.9 Å². The summed E-state index contributed by atoms with van der Waals surface area (Å²) in [6.07, 6.45) is 2.65. The van der Waals surface area contributed by atoms with Crippen LogP contribution < -0.4 is 16.2 Å². The summed E-state index contributed by atoms with van der Waals surface area (Å²) in [5.41, 5.74) is 3.11. The van der Waals surface area contributed by atoms with E-state index in [-0.39, 0.29) is 36.3 Å². The first-order valence-corrected chi connectivity index (χ1v) is 8.10. The zero-order valence-corrected chi connectivity index (χ0v) is 16.1. The van der Waals surface area contributed by atoms with Crippen molar-refractivity contribution in [2.45, 2.75) is 39.7 Å². The molecule has 25 heavy (non-hydrogen) atoms. The monoisotopic (exact) mass is 389 g/mol. The maximum Gasteiger partial charge on any atom is 0.266 e. The molecule has 0 radical (unpaired) electrons. The summed E-state index contributed by atoms with van der Waals surface area (Å²) in [7, 11) is 0. The summed E-state index contributed by atoms with van der Waals surface area (Å²) in [6.45, 7) is 6.33. The molecule has 0 aromatic carbocycles. The molecule has 1 fully saturated rings. The average Bonchev–Trinajstić information content (AvgIpc) is 3.14. The van der Waals surface area contributed by atoms with Crippen molar-refractivity contribution in [1.82, 2.24) is 25.2 Å². The van der Waals surface area contributed by atoms with E-state index in [1.165, 1.54) is 6.07 Å². The van der Waals surface area contributed by atoms with Crippen LogP contribution >= 0.6 is 24.8 Å². The van der Waals surface area contributed by atoms with E-state index in [1.54, 1.807) is 4.52 Å².